The van der Waals surface area contributed by atoms with Gasteiger partial charge < -0.3 is 15.3 Å². The number of aromatic amines is 1. The fourth-order valence-corrected chi connectivity index (χ4v) is 1.64. The molecule has 1 aromatic heterocycles. The molecule has 9 heteroatoms. The van der Waals surface area contributed by atoms with Gasteiger partial charge in [-0.05, 0) is 0 Å². The van der Waals surface area contributed by atoms with Crippen LogP contribution in [0.1, 0.15) is 12.2 Å². The van der Waals surface area contributed by atoms with E-state index in [0.717, 1.165) is 0 Å². The van der Waals surface area contributed by atoms with Crippen LogP contribution in [0.3, 0.4) is 0 Å². The Morgan fingerprint density at radius 2 is 2.29 bits per heavy atom. The predicted octanol–water partition coefficient (Wildman–Crippen LogP) is -1.18. The molecule has 3 N–H and O–H groups in total. The summed E-state index contributed by atoms with van der Waals surface area (Å²) in [5.74, 6) is -0.369. The highest BCUT2D eigenvalue weighted by Crippen LogP contribution is 2.18. The summed E-state index contributed by atoms with van der Waals surface area (Å²) < 4.78 is 0. The quantitative estimate of drug-likeness (QED) is 0.608. The number of carbonyl (C=O) groups is 2. The Bertz CT molecular complexity index is 399. The minimum atomic E-state index is -0.832. The van der Waals surface area contributed by atoms with E-state index in [0.29, 0.717) is 18.9 Å². The van der Waals surface area contributed by atoms with Gasteiger partial charge in [0.1, 0.15) is 0 Å². The Balaban J connectivity index is 1.67. The highest BCUT2D eigenvalue weighted by atomic mass is 16.4. The van der Waals surface area contributed by atoms with Crippen LogP contribution < -0.4 is 5.32 Å². The Morgan fingerprint density at radius 1 is 1.53 bits per heavy atom. The van der Waals surface area contributed by atoms with Gasteiger partial charge in [-0.2, -0.15) is 5.21 Å². The number of nitrogens with one attached hydrogen (secondary N) is 2. The van der Waals surface area contributed by atoms with Crippen molar-refractivity contribution in [1.82, 2.24) is 30.8 Å². The molecule has 0 atom stereocenters. The lowest BCUT2D eigenvalue weighted by atomic mass is 9.97. The van der Waals surface area contributed by atoms with Gasteiger partial charge in [0, 0.05) is 19.0 Å². The van der Waals surface area contributed by atoms with Crippen molar-refractivity contribution in [2.45, 2.75) is 13.0 Å². The second kappa shape index (κ2) is 4.76. The smallest absolute Gasteiger partial charge is 0.317 e. The van der Waals surface area contributed by atoms with Crippen LogP contribution in [0.4, 0.5) is 4.79 Å². The SMILES string of the molecule is O=C(O)CC1CN(C(=O)NCc2nn[nH]n2)C1. The molecule has 2 rings (SSSR count). The van der Waals surface area contributed by atoms with E-state index in [1.54, 1.807) is 4.90 Å². The third-order valence-corrected chi connectivity index (χ3v) is 2.49. The molecule has 0 bridgehead atoms. The molecule has 17 heavy (non-hydrogen) atoms. The maximum Gasteiger partial charge on any atom is 0.317 e. The third-order valence-electron chi connectivity index (χ3n) is 2.49. The molecular weight excluding hydrogens is 228 g/mol. The molecule has 9 nitrogen and oxygen atoms in total. The first-order valence-corrected chi connectivity index (χ1v) is 5.12. The van der Waals surface area contributed by atoms with Crippen molar-refractivity contribution in [3.05, 3.63) is 5.82 Å². The highest BCUT2D eigenvalue weighted by Gasteiger charge is 2.31. The van der Waals surface area contributed by atoms with Gasteiger partial charge in [-0.15, -0.1) is 10.2 Å². The van der Waals surface area contributed by atoms with E-state index in [1.807, 2.05) is 0 Å². The second-order valence-electron chi connectivity index (χ2n) is 3.86. The lowest BCUT2D eigenvalue weighted by Crippen LogP contribution is -2.54. The van der Waals surface area contributed by atoms with Gasteiger partial charge in [-0.1, -0.05) is 5.21 Å². The number of carboxylic acid groups (broad SMARTS) is 1. The zero-order valence-corrected chi connectivity index (χ0v) is 8.96. The maximum atomic E-state index is 11.5. The molecule has 0 spiro atoms. The lowest BCUT2D eigenvalue weighted by molar-refractivity contribution is -0.139. The molecule has 0 unspecified atom stereocenters. The summed E-state index contributed by atoms with van der Waals surface area (Å²) in [6, 6.07) is -0.239. The molecule has 1 aliphatic heterocycles. The molecule has 1 fully saturated rings. The van der Waals surface area contributed by atoms with E-state index in [-0.39, 0.29) is 24.9 Å². The minimum absolute atomic E-state index is 0.0587. The van der Waals surface area contributed by atoms with Crippen molar-refractivity contribution in [2.75, 3.05) is 13.1 Å². The summed E-state index contributed by atoms with van der Waals surface area (Å²) in [7, 11) is 0. The number of carbonyl (C=O) groups excluding carboxylic acids is 1. The fraction of sp³-hybridized carbons (Fsp3) is 0.625. The van der Waals surface area contributed by atoms with Gasteiger partial charge in [0.25, 0.3) is 0 Å². The summed E-state index contributed by atoms with van der Waals surface area (Å²) >= 11 is 0. The Kier molecular flexibility index (Phi) is 3.17. The number of carboxylic acids is 1. The van der Waals surface area contributed by atoms with Gasteiger partial charge in [0.2, 0.25) is 0 Å². The number of hydrogen-bond acceptors (Lipinski definition) is 5. The first kappa shape index (κ1) is 11.3. The van der Waals surface area contributed by atoms with Crippen molar-refractivity contribution in [3.8, 4) is 0 Å². The zero-order valence-electron chi connectivity index (χ0n) is 8.96. The standard InChI is InChI=1S/C8H12N6O3/c15-7(16)1-5-3-14(4-5)8(17)9-2-6-10-12-13-11-6/h5H,1-4H2,(H,9,17)(H,15,16)(H,10,11,12,13). The fourth-order valence-electron chi connectivity index (χ4n) is 1.64. The van der Waals surface area contributed by atoms with Crippen LogP contribution in [-0.4, -0.2) is 55.7 Å². The van der Waals surface area contributed by atoms with Crippen LogP contribution in [0.15, 0.2) is 0 Å². The molecule has 0 saturated carbocycles. The van der Waals surface area contributed by atoms with Crippen molar-refractivity contribution in [3.63, 3.8) is 0 Å². The highest BCUT2D eigenvalue weighted by molar-refractivity contribution is 5.75. The van der Waals surface area contributed by atoms with E-state index in [4.69, 9.17) is 5.11 Å². The number of urea groups is 1. The number of H-pyrrole nitrogens is 1. The van der Waals surface area contributed by atoms with E-state index in [1.165, 1.54) is 0 Å². The number of hydrogen-bond donors (Lipinski definition) is 3. The number of aliphatic carboxylic acids is 1. The largest absolute Gasteiger partial charge is 0.481 e. The molecule has 0 aliphatic carbocycles. The van der Waals surface area contributed by atoms with Gasteiger partial charge in [0.15, 0.2) is 5.82 Å². The van der Waals surface area contributed by atoms with Crippen LogP contribution in [0.25, 0.3) is 0 Å². The predicted molar refractivity (Wildman–Crippen MR) is 53.7 cm³/mol. The second-order valence-corrected chi connectivity index (χ2v) is 3.86. The molecule has 0 aromatic carbocycles. The van der Waals surface area contributed by atoms with Crippen molar-refractivity contribution in [2.24, 2.45) is 5.92 Å². The van der Waals surface area contributed by atoms with Gasteiger partial charge in [-0.25, -0.2) is 4.79 Å². The molecule has 2 heterocycles. The Labute approximate surface area is 96.2 Å². The van der Waals surface area contributed by atoms with E-state index in [9.17, 15) is 9.59 Å². The average Bonchev–Trinajstić information content (AvgIpc) is 2.71. The summed E-state index contributed by atoms with van der Waals surface area (Å²) in [6.07, 6.45) is 0.106. The van der Waals surface area contributed by atoms with Crippen LogP contribution >= 0.6 is 0 Å². The van der Waals surface area contributed by atoms with E-state index >= 15 is 0 Å². The summed E-state index contributed by atoms with van der Waals surface area (Å²) in [5, 5.41) is 24.2. The van der Waals surface area contributed by atoms with Crippen molar-refractivity contribution < 1.29 is 14.7 Å². The number of rotatable bonds is 4. The molecule has 1 saturated heterocycles. The Morgan fingerprint density at radius 3 is 2.88 bits per heavy atom. The molecule has 92 valence electrons. The summed E-state index contributed by atoms with van der Waals surface area (Å²) in [5.41, 5.74) is 0. The van der Waals surface area contributed by atoms with Crippen LogP contribution in [0.2, 0.25) is 0 Å². The monoisotopic (exact) mass is 240 g/mol. The summed E-state index contributed by atoms with van der Waals surface area (Å²) in [6.45, 7) is 1.16. The Hall–Kier alpha value is -2.19. The first-order chi connectivity index (χ1) is 8.15. The molecular formula is C8H12N6O3. The number of aromatic nitrogens is 4. The average molecular weight is 240 g/mol. The number of likely N-dealkylation sites (tertiary alicyclic amines) is 1. The van der Waals surface area contributed by atoms with Crippen molar-refractivity contribution in [1.29, 1.82) is 0 Å². The first-order valence-electron chi connectivity index (χ1n) is 5.12. The van der Waals surface area contributed by atoms with E-state index < -0.39 is 5.97 Å². The lowest BCUT2D eigenvalue weighted by Gasteiger charge is -2.38. The van der Waals surface area contributed by atoms with E-state index in [2.05, 4.69) is 25.9 Å². The maximum absolute atomic E-state index is 11.5. The van der Waals surface area contributed by atoms with Crippen LogP contribution in [-0.2, 0) is 11.3 Å². The zero-order chi connectivity index (χ0) is 12.3. The normalized spacial score (nSPS) is 15.4. The third kappa shape index (κ3) is 2.89. The van der Waals surface area contributed by atoms with Crippen molar-refractivity contribution >= 4 is 12.0 Å². The van der Waals surface area contributed by atoms with Crippen LogP contribution in [0, 0.1) is 5.92 Å². The van der Waals surface area contributed by atoms with Gasteiger partial charge in [0.05, 0.1) is 13.0 Å². The number of amides is 2. The molecule has 0 radical (unpaired) electrons. The molecule has 2 amide bonds. The van der Waals surface area contributed by atoms with Crippen LogP contribution in [0.5, 0.6) is 0 Å². The topological polar surface area (TPSA) is 124 Å². The van der Waals surface area contributed by atoms with Gasteiger partial charge in [-0.3, -0.25) is 4.79 Å². The number of nitrogens with zero attached hydrogens (tertiary/aromatic N) is 4. The molecule has 1 aromatic rings. The minimum Gasteiger partial charge on any atom is -0.481 e. The number of tetrazole rings is 1. The summed E-state index contributed by atoms with van der Waals surface area (Å²) in [4.78, 5) is 23.5. The molecule has 1 aliphatic rings. The van der Waals surface area contributed by atoms with Gasteiger partial charge >= 0.3 is 12.0 Å².